The molecule has 74 valence electrons. The molecule has 0 bridgehead atoms. The minimum absolute atomic E-state index is 0.788. The van der Waals surface area contributed by atoms with Crippen molar-refractivity contribution in [3.63, 3.8) is 0 Å². The van der Waals surface area contributed by atoms with Gasteiger partial charge in [-0.15, -0.1) is 0 Å². The lowest BCUT2D eigenvalue weighted by Gasteiger charge is -1.93. The lowest BCUT2D eigenvalue weighted by Crippen LogP contribution is -2.03. The van der Waals surface area contributed by atoms with E-state index >= 15 is 0 Å². The van der Waals surface area contributed by atoms with E-state index < -0.39 is 0 Å². The molecule has 14 heavy (non-hydrogen) atoms. The summed E-state index contributed by atoms with van der Waals surface area (Å²) in [6, 6.07) is 8.46. The van der Waals surface area contributed by atoms with E-state index in [2.05, 4.69) is 30.4 Å². The van der Waals surface area contributed by atoms with Gasteiger partial charge in [0.05, 0.1) is 6.54 Å². The van der Waals surface area contributed by atoms with E-state index in [0.29, 0.717) is 0 Å². The minimum atomic E-state index is 0.788. The molecule has 2 nitrogen and oxygen atoms in total. The molecule has 0 unspecified atom stereocenters. The van der Waals surface area contributed by atoms with Gasteiger partial charge in [0.25, 0.3) is 0 Å². The highest BCUT2D eigenvalue weighted by Gasteiger charge is 2.02. The maximum Gasteiger partial charge on any atom is 0.134 e. The smallest absolute Gasteiger partial charge is 0.134 e. The first-order valence-electron chi connectivity index (χ1n) is 4.99. The molecule has 0 aliphatic rings. The zero-order chi connectivity index (χ0) is 9.97. The number of fused-ring (bicyclic) bond motifs is 1. The summed E-state index contributed by atoms with van der Waals surface area (Å²) in [5.41, 5.74) is 2.33. The quantitative estimate of drug-likeness (QED) is 0.803. The van der Waals surface area contributed by atoms with Crippen LogP contribution in [0.3, 0.4) is 0 Å². The van der Waals surface area contributed by atoms with Gasteiger partial charge >= 0.3 is 0 Å². The van der Waals surface area contributed by atoms with Crippen molar-refractivity contribution in [2.75, 3.05) is 7.05 Å². The minimum Gasteiger partial charge on any atom is -0.460 e. The predicted octanol–water partition coefficient (Wildman–Crippen LogP) is 2.71. The van der Waals surface area contributed by atoms with Gasteiger partial charge in [0.2, 0.25) is 0 Å². The molecule has 1 heterocycles. The third-order valence-corrected chi connectivity index (χ3v) is 2.39. The number of aryl methyl sites for hydroxylation is 1. The van der Waals surface area contributed by atoms with Crippen molar-refractivity contribution in [1.29, 1.82) is 0 Å². The van der Waals surface area contributed by atoms with E-state index in [1.54, 1.807) is 0 Å². The Morgan fingerprint density at radius 2 is 2.14 bits per heavy atom. The molecule has 0 atom stereocenters. The topological polar surface area (TPSA) is 25.2 Å². The van der Waals surface area contributed by atoms with Gasteiger partial charge in [-0.05, 0) is 37.2 Å². The van der Waals surface area contributed by atoms with Crippen molar-refractivity contribution < 1.29 is 4.42 Å². The molecule has 2 aromatic rings. The van der Waals surface area contributed by atoms with Crippen molar-refractivity contribution in [2.24, 2.45) is 0 Å². The Balaban J connectivity index is 2.43. The largest absolute Gasteiger partial charge is 0.460 e. The van der Waals surface area contributed by atoms with Crippen LogP contribution in [0.25, 0.3) is 11.0 Å². The second-order valence-corrected chi connectivity index (χ2v) is 3.47. The molecular weight excluding hydrogens is 174 g/mol. The first-order valence-corrected chi connectivity index (χ1v) is 4.99. The van der Waals surface area contributed by atoms with E-state index in [1.807, 2.05) is 13.1 Å². The normalized spacial score (nSPS) is 11.0. The number of furan rings is 1. The van der Waals surface area contributed by atoms with Crippen molar-refractivity contribution in [1.82, 2.24) is 5.32 Å². The van der Waals surface area contributed by atoms with Crippen LogP contribution in [-0.2, 0) is 13.0 Å². The molecule has 0 aliphatic carbocycles. The summed E-state index contributed by atoms with van der Waals surface area (Å²) >= 11 is 0. The highest BCUT2D eigenvalue weighted by Crippen LogP contribution is 2.20. The van der Waals surface area contributed by atoms with Crippen LogP contribution in [0, 0.1) is 0 Å². The highest BCUT2D eigenvalue weighted by atomic mass is 16.3. The summed E-state index contributed by atoms with van der Waals surface area (Å²) in [6.45, 7) is 2.95. The Morgan fingerprint density at radius 1 is 1.29 bits per heavy atom. The molecule has 0 saturated carbocycles. The fraction of sp³-hybridized carbons (Fsp3) is 0.333. The van der Waals surface area contributed by atoms with Crippen LogP contribution in [-0.4, -0.2) is 7.05 Å². The zero-order valence-corrected chi connectivity index (χ0v) is 8.63. The predicted molar refractivity (Wildman–Crippen MR) is 58.4 cm³/mol. The Hall–Kier alpha value is -1.28. The lowest BCUT2D eigenvalue weighted by molar-refractivity contribution is 0.531. The first kappa shape index (κ1) is 9.28. The maximum atomic E-state index is 5.65. The average molecular weight is 189 g/mol. The average Bonchev–Trinajstić information content (AvgIpc) is 2.59. The number of hydrogen-bond acceptors (Lipinski definition) is 2. The van der Waals surface area contributed by atoms with E-state index in [-0.39, 0.29) is 0 Å². The monoisotopic (exact) mass is 189 g/mol. The summed E-state index contributed by atoms with van der Waals surface area (Å²) in [6.07, 6.45) is 1.07. The van der Waals surface area contributed by atoms with E-state index in [0.717, 1.165) is 24.3 Å². The standard InChI is InChI=1S/C12H15NO/c1-3-9-4-5-12-10(6-9)7-11(14-12)8-13-2/h4-7,13H,3,8H2,1-2H3. The number of rotatable bonds is 3. The molecular formula is C12H15NO. The zero-order valence-electron chi connectivity index (χ0n) is 8.63. The van der Waals surface area contributed by atoms with Crippen LogP contribution in [0.5, 0.6) is 0 Å². The molecule has 0 spiro atoms. The molecule has 2 rings (SSSR count). The van der Waals surface area contributed by atoms with Crippen LogP contribution >= 0.6 is 0 Å². The molecule has 1 aromatic heterocycles. The summed E-state index contributed by atoms with van der Waals surface area (Å²) in [7, 11) is 1.92. The van der Waals surface area contributed by atoms with Crippen molar-refractivity contribution in [3.05, 3.63) is 35.6 Å². The van der Waals surface area contributed by atoms with Crippen LogP contribution in [0.4, 0.5) is 0 Å². The first-order chi connectivity index (χ1) is 6.83. The highest BCUT2D eigenvalue weighted by molar-refractivity contribution is 5.78. The SMILES string of the molecule is CCc1ccc2oc(CNC)cc2c1. The number of nitrogens with one attached hydrogen (secondary N) is 1. The van der Waals surface area contributed by atoms with Gasteiger partial charge in [-0.3, -0.25) is 0 Å². The maximum absolute atomic E-state index is 5.65. The summed E-state index contributed by atoms with van der Waals surface area (Å²) in [4.78, 5) is 0. The van der Waals surface area contributed by atoms with Gasteiger partial charge in [0, 0.05) is 5.39 Å². The van der Waals surface area contributed by atoms with Crippen LogP contribution in [0.2, 0.25) is 0 Å². The Labute approximate surface area is 83.9 Å². The fourth-order valence-corrected chi connectivity index (χ4v) is 1.63. The number of hydrogen-bond donors (Lipinski definition) is 1. The molecule has 2 heteroatoms. The van der Waals surface area contributed by atoms with E-state index in [4.69, 9.17) is 4.42 Å². The second-order valence-electron chi connectivity index (χ2n) is 3.47. The number of benzene rings is 1. The molecule has 1 N–H and O–H groups in total. The molecule has 0 amide bonds. The molecule has 1 aromatic carbocycles. The summed E-state index contributed by atoms with van der Waals surface area (Å²) in [5, 5.41) is 4.28. The van der Waals surface area contributed by atoms with Gasteiger partial charge in [-0.2, -0.15) is 0 Å². The Bertz CT molecular complexity index is 431. The van der Waals surface area contributed by atoms with Gasteiger partial charge in [0.15, 0.2) is 0 Å². The van der Waals surface area contributed by atoms with Crippen LogP contribution < -0.4 is 5.32 Å². The molecule has 0 saturated heterocycles. The van der Waals surface area contributed by atoms with Crippen molar-refractivity contribution in [2.45, 2.75) is 19.9 Å². The molecule has 0 aliphatic heterocycles. The van der Waals surface area contributed by atoms with Crippen molar-refractivity contribution >= 4 is 11.0 Å². The Morgan fingerprint density at radius 3 is 2.86 bits per heavy atom. The van der Waals surface area contributed by atoms with Gasteiger partial charge in [0.1, 0.15) is 11.3 Å². The third-order valence-electron chi connectivity index (χ3n) is 2.39. The second kappa shape index (κ2) is 3.84. The summed E-state index contributed by atoms with van der Waals surface area (Å²) in [5.74, 6) is 0.996. The van der Waals surface area contributed by atoms with E-state index in [9.17, 15) is 0 Å². The van der Waals surface area contributed by atoms with E-state index in [1.165, 1.54) is 10.9 Å². The van der Waals surface area contributed by atoms with Gasteiger partial charge < -0.3 is 9.73 Å². The van der Waals surface area contributed by atoms with Crippen LogP contribution in [0.1, 0.15) is 18.2 Å². The molecule has 0 radical (unpaired) electrons. The van der Waals surface area contributed by atoms with Gasteiger partial charge in [-0.25, -0.2) is 0 Å². The fourth-order valence-electron chi connectivity index (χ4n) is 1.63. The molecule has 0 fully saturated rings. The summed E-state index contributed by atoms with van der Waals surface area (Å²) < 4.78 is 5.65. The van der Waals surface area contributed by atoms with Crippen molar-refractivity contribution in [3.8, 4) is 0 Å². The lowest BCUT2D eigenvalue weighted by atomic mass is 10.1. The van der Waals surface area contributed by atoms with Crippen LogP contribution in [0.15, 0.2) is 28.7 Å². The van der Waals surface area contributed by atoms with Gasteiger partial charge in [-0.1, -0.05) is 13.0 Å². The Kier molecular flexibility index (Phi) is 2.55. The third kappa shape index (κ3) is 1.66.